The number of rotatable bonds is 7. The van der Waals surface area contributed by atoms with Crippen molar-refractivity contribution in [3.05, 3.63) is 84.1 Å². The number of hydrogen-bond donors (Lipinski definition) is 0. The normalized spacial score (nSPS) is 9.96. The molecule has 0 aliphatic heterocycles. The van der Waals surface area contributed by atoms with Crippen LogP contribution in [0, 0.1) is 0 Å². The number of amides is 1. The molecule has 0 saturated heterocycles. The molecule has 0 heterocycles. The van der Waals surface area contributed by atoms with Gasteiger partial charge in [-0.2, -0.15) is 0 Å². The van der Waals surface area contributed by atoms with E-state index in [2.05, 4.69) is 11.3 Å². The zero-order valence-corrected chi connectivity index (χ0v) is 14.2. The van der Waals surface area contributed by atoms with Gasteiger partial charge in [-0.15, -0.1) is 0 Å². The fourth-order valence-corrected chi connectivity index (χ4v) is 2.22. The second-order valence-electron chi connectivity index (χ2n) is 5.43. The third-order valence-electron chi connectivity index (χ3n) is 3.57. The highest BCUT2D eigenvalue weighted by molar-refractivity contribution is 5.79. The summed E-state index contributed by atoms with van der Waals surface area (Å²) in [6.07, 6.45) is -0.201. The maximum absolute atomic E-state index is 12.4. The molecule has 2 aromatic carbocycles. The molecule has 0 unspecified atom stereocenters. The van der Waals surface area contributed by atoms with Gasteiger partial charge in [0.25, 0.3) is 0 Å². The number of benzene rings is 2. The van der Waals surface area contributed by atoms with Gasteiger partial charge in [0.2, 0.25) is 0 Å². The molecule has 0 bridgehead atoms. The van der Waals surface area contributed by atoms with Gasteiger partial charge in [-0.05, 0) is 11.1 Å². The Kier molecular flexibility index (Phi) is 6.77. The van der Waals surface area contributed by atoms with Crippen LogP contribution in [0.15, 0.2) is 72.9 Å². The molecule has 0 aromatic heterocycles. The molecular weight excluding hydrogens is 318 g/mol. The smallest absolute Gasteiger partial charge is 0.414 e. The lowest BCUT2D eigenvalue weighted by atomic mass is 10.1. The van der Waals surface area contributed by atoms with Crippen molar-refractivity contribution < 1.29 is 19.1 Å². The monoisotopic (exact) mass is 339 g/mol. The predicted molar refractivity (Wildman–Crippen MR) is 94.6 cm³/mol. The van der Waals surface area contributed by atoms with Gasteiger partial charge in [-0.1, -0.05) is 67.2 Å². The maximum Gasteiger partial charge on any atom is 0.414 e. The summed E-state index contributed by atoms with van der Waals surface area (Å²) >= 11 is 0. The molecule has 0 aliphatic carbocycles. The molecule has 5 heteroatoms. The van der Waals surface area contributed by atoms with Crippen molar-refractivity contribution in [3.8, 4) is 0 Å². The summed E-state index contributed by atoms with van der Waals surface area (Å²) in [6.45, 7) is 3.81. The minimum Gasteiger partial charge on any atom is -0.468 e. The van der Waals surface area contributed by atoms with Crippen molar-refractivity contribution in [2.24, 2.45) is 0 Å². The molecule has 1 amide bonds. The van der Waals surface area contributed by atoms with E-state index in [0.717, 1.165) is 11.1 Å². The van der Waals surface area contributed by atoms with Crippen LogP contribution in [0.3, 0.4) is 0 Å². The van der Waals surface area contributed by atoms with Crippen LogP contribution in [0.5, 0.6) is 0 Å². The van der Waals surface area contributed by atoms with Gasteiger partial charge in [-0.3, -0.25) is 9.69 Å². The first-order valence-electron chi connectivity index (χ1n) is 7.87. The Morgan fingerprint density at radius 1 is 0.960 bits per heavy atom. The van der Waals surface area contributed by atoms with E-state index in [1.54, 1.807) is 0 Å². The number of methoxy groups -OCH3 is 1. The van der Waals surface area contributed by atoms with E-state index in [-0.39, 0.29) is 13.2 Å². The van der Waals surface area contributed by atoms with E-state index < -0.39 is 12.1 Å². The molecule has 25 heavy (non-hydrogen) atoms. The highest BCUT2D eigenvalue weighted by Crippen LogP contribution is 2.13. The molecule has 130 valence electrons. The van der Waals surface area contributed by atoms with Gasteiger partial charge in [0, 0.05) is 12.1 Å². The summed E-state index contributed by atoms with van der Waals surface area (Å²) in [4.78, 5) is 25.3. The topological polar surface area (TPSA) is 55.8 Å². The zero-order chi connectivity index (χ0) is 18.1. The standard InChI is InChI=1S/C20H21NO4/c1-16(13-17-9-5-3-6-10-17)21(14-19(22)24-2)20(23)25-15-18-11-7-4-8-12-18/h3-12H,1,13-15H2,2H3. The average molecular weight is 339 g/mol. The summed E-state index contributed by atoms with van der Waals surface area (Å²) in [6, 6.07) is 18.9. The quantitative estimate of drug-likeness (QED) is 0.724. The van der Waals surface area contributed by atoms with Crippen LogP contribution in [0.25, 0.3) is 0 Å². The van der Waals surface area contributed by atoms with Crippen LogP contribution in [0.2, 0.25) is 0 Å². The average Bonchev–Trinajstić information content (AvgIpc) is 2.65. The van der Waals surface area contributed by atoms with Crippen LogP contribution < -0.4 is 0 Å². The van der Waals surface area contributed by atoms with Crippen molar-refractivity contribution in [1.82, 2.24) is 4.90 Å². The van der Waals surface area contributed by atoms with Crippen molar-refractivity contribution in [1.29, 1.82) is 0 Å². The summed E-state index contributed by atoms with van der Waals surface area (Å²) in [5.74, 6) is -0.536. The maximum atomic E-state index is 12.4. The fourth-order valence-electron chi connectivity index (χ4n) is 2.22. The lowest BCUT2D eigenvalue weighted by Crippen LogP contribution is -2.36. The molecule has 0 radical (unpaired) electrons. The molecule has 0 aliphatic rings. The molecular formula is C20H21NO4. The van der Waals surface area contributed by atoms with Gasteiger partial charge in [0.15, 0.2) is 0 Å². The predicted octanol–water partition coefficient (Wildman–Crippen LogP) is 3.55. The highest BCUT2D eigenvalue weighted by Gasteiger charge is 2.22. The third-order valence-corrected chi connectivity index (χ3v) is 3.57. The van der Waals surface area contributed by atoms with E-state index in [1.165, 1.54) is 12.0 Å². The number of ether oxygens (including phenoxy) is 2. The lowest BCUT2D eigenvalue weighted by Gasteiger charge is -2.23. The van der Waals surface area contributed by atoms with E-state index >= 15 is 0 Å². The molecule has 0 N–H and O–H groups in total. The number of hydrogen-bond acceptors (Lipinski definition) is 4. The van der Waals surface area contributed by atoms with Crippen LogP contribution in [-0.2, 0) is 27.3 Å². The van der Waals surface area contributed by atoms with Crippen LogP contribution in [0.4, 0.5) is 4.79 Å². The first-order chi connectivity index (χ1) is 12.1. The number of carbonyl (C=O) groups excluding carboxylic acids is 2. The summed E-state index contributed by atoms with van der Waals surface area (Å²) < 4.78 is 9.98. The van der Waals surface area contributed by atoms with Crippen molar-refractivity contribution in [3.63, 3.8) is 0 Å². The number of nitrogens with zero attached hydrogens (tertiary/aromatic N) is 1. The van der Waals surface area contributed by atoms with Gasteiger partial charge in [0.05, 0.1) is 7.11 Å². The zero-order valence-electron chi connectivity index (χ0n) is 14.2. The SMILES string of the molecule is C=C(Cc1ccccc1)N(CC(=O)OC)C(=O)OCc1ccccc1. The Morgan fingerprint density at radius 3 is 2.08 bits per heavy atom. The van der Waals surface area contributed by atoms with Gasteiger partial charge in [-0.25, -0.2) is 4.79 Å². The first kappa shape index (κ1) is 18.3. The molecule has 0 atom stereocenters. The Balaban J connectivity index is 2.04. The Hall–Kier alpha value is -3.08. The summed E-state index contributed by atoms with van der Waals surface area (Å²) in [7, 11) is 1.27. The van der Waals surface area contributed by atoms with Gasteiger partial charge < -0.3 is 9.47 Å². The number of esters is 1. The summed E-state index contributed by atoms with van der Waals surface area (Å²) in [5, 5.41) is 0. The summed E-state index contributed by atoms with van der Waals surface area (Å²) in [5.41, 5.74) is 2.32. The molecule has 2 rings (SSSR count). The fraction of sp³-hybridized carbons (Fsp3) is 0.200. The highest BCUT2D eigenvalue weighted by atomic mass is 16.6. The Morgan fingerprint density at radius 2 is 1.52 bits per heavy atom. The third kappa shape index (κ3) is 5.80. The van der Waals surface area contributed by atoms with Crippen LogP contribution in [0.1, 0.15) is 11.1 Å². The van der Waals surface area contributed by atoms with E-state index in [1.807, 2.05) is 60.7 Å². The number of carbonyl (C=O) groups is 2. The minimum absolute atomic E-state index is 0.121. The molecule has 2 aromatic rings. The second kappa shape index (κ2) is 9.27. The van der Waals surface area contributed by atoms with Crippen molar-refractivity contribution in [2.45, 2.75) is 13.0 Å². The molecule has 5 nitrogen and oxygen atoms in total. The van der Waals surface area contributed by atoms with Crippen LogP contribution in [-0.4, -0.2) is 30.6 Å². The lowest BCUT2D eigenvalue weighted by molar-refractivity contribution is -0.141. The van der Waals surface area contributed by atoms with E-state index in [0.29, 0.717) is 12.1 Å². The molecule has 0 saturated carbocycles. The van der Waals surface area contributed by atoms with Gasteiger partial charge >= 0.3 is 12.1 Å². The van der Waals surface area contributed by atoms with Crippen LogP contribution >= 0.6 is 0 Å². The van der Waals surface area contributed by atoms with E-state index in [4.69, 9.17) is 4.74 Å². The molecule has 0 fully saturated rings. The Bertz CT molecular complexity index is 713. The Labute approximate surface area is 147 Å². The first-order valence-corrected chi connectivity index (χ1v) is 7.87. The minimum atomic E-state index is -0.629. The second-order valence-corrected chi connectivity index (χ2v) is 5.43. The number of allylic oxidation sites excluding steroid dienone is 1. The van der Waals surface area contributed by atoms with Crippen molar-refractivity contribution >= 4 is 12.1 Å². The van der Waals surface area contributed by atoms with Crippen molar-refractivity contribution in [2.75, 3.05) is 13.7 Å². The van der Waals surface area contributed by atoms with Gasteiger partial charge in [0.1, 0.15) is 13.2 Å². The van der Waals surface area contributed by atoms with E-state index in [9.17, 15) is 9.59 Å². The molecule has 0 spiro atoms. The largest absolute Gasteiger partial charge is 0.468 e.